The zero-order chi connectivity index (χ0) is 23.5. The minimum atomic E-state index is -3.87. The molecule has 2 saturated heterocycles. The summed E-state index contributed by atoms with van der Waals surface area (Å²) in [7, 11) is -3.87. The number of hydrogen-bond acceptors (Lipinski definition) is 7. The fraction of sp³-hybridized carbons (Fsp3) is 0.727. The number of piperidine rings is 1. The van der Waals surface area contributed by atoms with E-state index in [2.05, 4.69) is 25.7 Å². The van der Waals surface area contributed by atoms with Crippen LogP contribution in [0.4, 0.5) is 0 Å². The smallest absolute Gasteiger partial charge is 0.374 e. The van der Waals surface area contributed by atoms with Gasteiger partial charge >= 0.3 is 5.97 Å². The van der Waals surface area contributed by atoms with Crippen LogP contribution in [-0.4, -0.2) is 85.8 Å². The van der Waals surface area contributed by atoms with Gasteiger partial charge in [0.2, 0.25) is 16.8 Å². The van der Waals surface area contributed by atoms with E-state index in [4.69, 9.17) is 9.15 Å². The molecule has 0 saturated carbocycles. The average molecular weight is 470 g/mol. The van der Waals surface area contributed by atoms with Crippen molar-refractivity contribution in [2.75, 3.05) is 45.9 Å². The molecular formula is C22H35N3O6S. The Morgan fingerprint density at radius 1 is 1.06 bits per heavy atom. The van der Waals surface area contributed by atoms with E-state index in [1.165, 1.54) is 16.4 Å². The Morgan fingerprint density at radius 2 is 1.75 bits per heavy atom. The Labute approximate surface area is 190 Å². The van der Waals surface area contributed by atoms with Gasteiger partial charge in [0.25, 0.3) is 10.0 Å². The van der Waals surface area contributed by atoms with Gasteiger partial charge in [0.05, 0.1) is 6.61 Å². The number of rotatable bonds is 5. The average Bonchev–Trinajstić information content (AvgIpc) is 3.12. The number of ether oxygens (including phenoxy) is 1. The molecule has 9 nitrogen and oxygen atoms in total. The fourth-order valence-corrected chi connectivity index (χ4v) is 5.69. The molecule has 0 N–H and O–H groups in total. The summed E-state index contributed by atoms with van der Waals surface area (Å²) in [5.74, 6) is -0.878. The Morgan fingerprint density at radius 3 is 2.38 bits per heavy atom. The Bertz CT molecular complexity index is 912. The molecule has 180 valence electrons. The molecular weight excluding hydrogens is 434 g/mol. The van der Waals surface area contributed by atoms with Crippen molar-refractivity contribution in [2.24, 2.45) is 5.92 Å². The molecule has 0 radical (unpaired) electrons. The van der Waals surface area contributed by atoms with Crippen molar-refractivity contribution in [3.05, 3.63) is 17.9 Å². The minimum absolute atomic E-state index is 0.0811. The van der Waals surface area contributed by atoms with Crippen LogP contribution in [-0.2, 0) is 19.6 Å². The summed E-state index contributed by atoms with van der Waals surface area (Å²) < 4.78 is 37.3. The van der Waals surface area contributed by atoms with Gasteiger partial charge in [-0.2, -0.15) is 4.31 Å². The van der Waals surface area contributed by atoms with Crippen LogP contribution < -0.4 is 0 Å². The summed E-state index contributed by atoms with van der Waals surface area (Å²) in [5.41, 5.74) is 0.0811. The van der Waals surface area contributed by atoms with Crippen molar-refractivity contribution in [2.45, 2.75) is 57.6 Å². The summed E-state index contributed by atoms with van der Waals surface area (Å²) in [4.78, 5) is 29.2. The lowest BCUT2D eigenvalue weighted by molar-refractivity contribution is -0.136. The van der Waals surface area contributed by atoms with E-state index in [0.29, 0.717) is 19.4 Å². The summed E-state index contributed by atoms with van der Waals surface area (Å²) in [5, 5.41) is -0.278. The van der Waals surface area contributed by atoms with Crippen LogP contribution in [0.2, 0.25) is 0 Å². The number of hydrogen-bond donors (Lipinski definition) is 0. The molecule has 32 heavy (non-hydrogen) atoms. The van der Waals surface area contributed by atoms with Crippen LogP contribution in [0.3, 0.4) is 0 Å². The predicted molar refractivity (Wildman–Crippen MR) is 119 cm³/mol. The molecule has 2 aliphatic heterocycles. The number of furan rings is 1. The highest BCUT2D eigenvalue weighted by atomic mass is 32.2. The van der Waals surface area contributed by atoms with Crippen molar-refractivity contribution in [1.82, 2.24) is 14.1 Å². The third-order valence-corrected chi connectivity index (χ3v) is 7.98. The summed E-state index contributed by atoms with van der Waals surface area (Å²) in [6.45, 7) is 12.2. The van der Waals surface area contributed by atoms with Crippen LogP contribution in [0, 0.1) is 5.92 Å². The topological polar surface area (TPSA) is 100 Å². The molecule has 1 aromatic heterocycles. The molecule has 10 heteroatoms. The molecule has 0 spiro atoms. The number of nitrogens with zero attached hydrogens (tertiary/aromatic N) is 3. The van der Waals surface area contributed by atoms with Crippen LogP contribution in [0.1, 0.15) is 57.5 Å². The molecule has 1 amide bonds. The van der Waals surface area contributed by atoms with Gasteiger partial charge in [-0.3, -0.25) is 9.69 Å². The van der Waals surface area contributed by atoms with E-state index in [0.717, 1.165) is 26.1 Å². The van der Waals surface area contributed by atoms with Crippen molar-refractivity contribution >= 4 is 21.9 Å². The molecule has 0 unspecified atom stereocenters. The molecule has 1 aromatic rings. The Hall–Kier alpha value is -1.91. The molecule has 2 aliphatic rings. The van der Waals surface area contributed by atoms with E-state index in [1.54, 1.807) is 6.92 Å². The summed E-state index contributed by atoms with van der Waals surface area (Å²) in [6, 6.07) is 2.58. The second-order valence-electron chi connectivity index (χ2n) is 9.35. The van der Waals surface area contributed by atoms with Crippen molar-refractivity contribution in [3.63, 3.8) is 0 Å². The third kappa shape index (κ3) is 5.52. The van der Waals surface area contributed by atoms with E-state index >= 15 is 0 Å². The minimum Gasteiger partial charge on any atom is -0.460 e. The van der Waals surface area contributed by atoms with Gasteiger partial charge in [-0.1, -0.05) is 0 Å². The normalized spacial score (nSPS) is 20.2. The van der Waals surface area contributed by atoms with E-state index in [-0.39, 0.29) is 47.9 Å². The molecule has 2 fully saturated rings. The van der Waals surface area contributed by atoms with Crippen LogP contribution in [0.5, 0.6) is 0 Å². The molecule has 3 heterocycles. The van der Waals surface area contributed by atoms with Crippen molar-refractivity contribution < 1.29 is 27.2 Å². The first kappa shape index (κ1) is 24.7. The maximum atomic E-state index is 13.1. The second kappa shape index (κ2) is 9.93. The zero-order valence-electron chi connectivity index (χ0n) is 19.5. The first-order chi connectivity index (χ1) is 15.0. The highest BCUT2D eigenvalue weighted by Crippen LogP contribution is 2.27. The summed E-state index contributed by atoms with van der Waals surface area (Å²) in [6.07, 6.45) is 1.89. The van der Waals surface area contributed by atoms with Gasteiger partial charge in [0, 0.05) is 50.7 Å². The zero-order valence-corrected chi connectivity index (χ0v) is 20.3. The monoisotopic (exact) mass is 469 g/mol. The first-order valence-corrected chi connectivity index (χ1v) is 12.8. The number of esters is 1. The van der Waals surface area contributed by atoms with E-state index in [9.17, 15) is 18.0 Å². The van der Waals surface area contributed by atoms with Crippen molar-refractivity contribution in [1.29, 1.82) is 0 Å². The molecule has 0 atom stereocenters. The van der Waals surface area contributed by atoms with E-state index < -0.39 is 16.0 Å². The number of carbonyl (C=O) groups is 2. The number of sulfonamides is 1. The maximum Gasteiger partial charge on any atom is 0.374 e. The quantitative estimate of drug-likeness (QED) is 0.609. The highest BCUT2D eigenvalue weighted by molar-refractivity contribution is 7.89. The molecule has 3 rings (SSSR count). The van der Waals surface area contributed by atoms with Crippen LogP contribution in [0.25, 0.3) is 0 Å². The van der Waals surface area contributed by atoms with Crippen molar-refractivity contribution in [3.8, 4) is 0 Å². The second-order valence-corrected chi connectivity index (χ2v) is 11.2. The van der Waals surface area contributed by atoms with Crippen LogP contribution in [0.15, 0.2) is 21.6 Å². The van der Waals surface area contributed by atoms with Crippen LogP contribution >= 0.6 is 0 Å². The molecule has 0 aromatic carbocycles. The number of amides is 1. The third-order valence-electron chi connectivity index (χ3n) is 6.21. The Balaban J connectivity index is 1.57. The van der Waals surface area contributed by atoms with Gasteiger partial charge in [-0.05, 0) is 59.1 Å². The largest absolute Gasteiger partial charge is 0.460 e. The standard InChI is InChI=1S/C22H35N3O6S/c1-5-30-21(27)18-7-8-19(31-18)32(28,29)25-13-9-17(10-14-25)20(26)23-11-6-12-24(16-15-23)22(2,3)4/h7-8,17H,5-6,9-16H2,1-4H3. The lowest BCUT2D eigenvalue weighted by Crippen LogP contribution is -2.46. The van der Waals surface area contributed by atoms with E-state index in [1.807, 2.05) is 4.90 Å². The first-order valence-electron chi connectivity index (χ1n) is 11.3. The van der Waals surface area contributed by atoms with Gasteiger partial charge in [-0.25, -0.2) is 13.2 Å². The van der Waals surface area contributed by atoms with Gasteiger partial charge in [0.15, 0.2) is 0 Å². The highest BCUT2D eigenvalue weighted by Gasteiger charge is 2.36. The van der Waals surface area contributed by atoms with Gasteiger partial charge in [0.1, 0.15) is 0 Å². The molecule has 0 aliphatic carbocycles. The maximum absolute atomic E-state index is 13.1. The molecule has 0 bridgehead atoms. The lowest BCUT2D eigenvalue weighted by Gasteiger charge is -2.35. The summed E-state index contributed by atoms with van der Waals surface area (Å²) >= 11 is 0. The fourth-order valence-electron chi connectivity index (χ4n) is 4.31. The van der Waals surface area contributed by atoms with Gasteiger partial charge in [-0.15, -0.1) is 0 Å². The Kier molecular flexibility index (Phi) is 7.67. The van der Waals surface area contributed by atoms with Gasteiger partial charge < -0.3 is 14.1 Å². The SMILES string of the molecule is CCOC(=O)c1ccc(S(=O)(=O)N2CCC(C(=O)N3CCCN(C(C)(C)C)CC3)CC2)o1. The number of carbonyl (C=O) groups excluding carboxylic acids is 2. The predicted octanol–water partition coefficient (Wildman–Crippen LogP) is 2.19. The lowest BCUT2D eigenvalue weighted by atomic mass is 9.96.